The molecule has 1 N–H and O–H groups in total. The lowest BCUT2D eigenvalue weighted by atomic mass is 10.2. The molecule has 29 heavy (non-hydrogen) atoms. The summed E-state index contributed by atoms with van der Waals surface area (Å²) in [5.74, 6) is 0.254. The molecule has 0 fully saturated rings. The molecule has 1 aromatic carbocycles. The molecule has 0 saturated heterocycles. The zero-order valence-electron chi connectivity index (χ0n) is 15.0. The largest absolute Gasteiger partial charge is 0.346 e. The molecule has 3 aromatic heterocycles. The predicted molar refractivity (Wildman–Crippen MR) is 103 cm³/mol. The second-order valence-corrected chi connectivity index (χ2v) is 6.04. The molecule has 3 heterocycles. The van der Waals surface area contributed by atoms with E-state index < -0.39 is 4.92 Å². The lowest BCUT2D eigenvalue weighted by molar-refractivity contribution is -0.384. The van der Waals surface area contributed by atoms with Crippen LogP contribution in [0.2, 0.25) is 0 Å². The minimum Gasteiger partial charge on any atom is -0.346 e. The van der Waals surface area contributed by atoms with Crippen molar-refractivity contribution in [1.82, 2.24) is 29.9 Å². The second-order valence-electron chi connectivity index (χ2n) is 6.04. The van der Waals surface area contributed by atoms with Crippen molar-refractivity contribution < 1.29 is 9.72 Å². The summed E-state index contributed by atoms with van der Waals surface area (Å²) in [6, 6.07) is 13.0. The van der Waals surface area contributed by atoms with Gasteiger partial charge in [-0.25, -0.2) is 14.3 Å². The summed E-state index contributed by atoms with van der Waals surface area (Å²) in [5, 5.41) is 22.1. The highest BCUT2D eigenvalue weighted by molar-refractivity contribution is 5.92. The first-order valence-electron chi connectivity index (χ1n) is 8.64. The molecular formula is C19H15N7O3. The summed E-state index contributed by atoms with van der Waals surface area (Å²) in [6.07, 6.45) is 6.66. The van der Waals surface area contributed by atoms with Gasteiger partial charge in [0.2, 0.25) is 0 Å². The molecule has 0 bridgehead atoms. The monoisotopic (exact) mass is 389 g/mol. The number of carbonyl (C=O) groups is 1. The number of hydrogen-bond acceptors (Lipinski definition) is 6. The number of nitrogens with zero attached hydrogens (tertiary/aromatic N) is 6. The first-order valence-corrected chi connectivity index (χ1v) is 8.64. The molecule has 0 saturated carbocycles. The van der Waals surface area contributed by atoms with Gasteiger partial charge < -0.3 is 5.32 Å². The van der Waals surface area contributed by atoms with Crippen molar-refractivity contribution in [1.29, 1.82) is 0 Å². The van der Waals surface area contributed by atoms with E-state index in [1.54, 1.807) is 59.8 Å². The number of aromatic nitrogens is 5. The Labute approximate surface area is 164 Å². The number of benzene rings is 1. The first kappa shape index (κ1) is 18.0. The van der Waals surface area contributed by atoms with E-state index in [1.807, 2.05) is 6.07 Å². The van der Waals surface area contributed by atoms with Gasteiger partial charge in [-0.1, -0.05) is 12.1 Å². The van der Waals surface area contributed by atoms with Gasteiger partial charge in [0.15, 0.2) is 11.5 Å². The Morgan fingerprint density at radius 2 is 1.97 bits per heavy atom. The van der Waals surface area contributed by atoms with Crippen LogP contribution in [-0.2, 0) is 6.54 Å². The van der Waals surface area contributed by atoms with Gasteiger partial charge in [0, 0.05) is 49.0 Å². The molecule has 0 radical (unpaired) electrons. The summed E-state index contributed by atoms with van der Waals surface area (Å²) in [7, 11) is 0. The fourth-order valence-electron chi connectivity index (χ4n) is 2.77. The van der Waals surface area contributed by atoms with Crippen LogP contribution in [-0.4, -0.2) is 35.4 Å². The van der Waals surface area contributed by atoms with Gasteiger partial charge in [-0.05, 0) is 24.3 Å². The molecule has 10 nitrogen and oxygen atoms in total. The van der Waals surface area contributed by atoms with E-state index in [0.717, 1.165) is 5.56 Å². The number of carbonyl (C=O) groups excluding carboxylic acids is 1. The van der Waals surface area contributed by atoms with Crippen molar-refractivity contribution in [3.8, 4) is 11.5 Å². The molecule has 4 aromatic rings. The summed E-state index contributed by atoms with van der Waals surface area (Å²) in [5.41, 5.74) is 1.43. The van der Waals surface area contributed by atoms with E-state index in [1.165, 1.54) is 16.8 Å². The number of nitro groups is 1. The van der Waals surface area contributed by atoms with Gasteiger partial charge >= 0.3 is 0 Å². The van der Waals surface area contributed by atoms with Crippen LogP contribution in [0.15, 0.2) is 73.3 Å². The van der Waals surface area contributed by atoms with Gasteiger partial charge in [0.1, 0.15) is 0 Å². The SMILES string of the molecule is O=C(NCc1cccnc1-n1cccn1)c1ccn(-c2cccc([N+](=O)[O-])c2)n1. The Kier molecular flexibility index (Phi) is 4.81. The molecule has 0 aliphatic carbocycles. The Bertz CT molecular complexity index is 1170. The highest BCUT2D eigenvalue weighted by Crippen LogP contribution is 2.16. The Balaban J connectivity index is 1.49. The fraction of sp³-hybridized carbons (Fsp3) is 0.0526. The number of amides is 1. The summed E-state index contributed by atoms with van der Waals surface area (Å²) >= 11 is 0. The van der Waals surface area contributed by atoms with Crippen molar-refractivity contribution in [2.75, 3.05) is 0 Å². The Morgan fingerprint density at radius 3 is 2.76 bits per heavy atom. The Morgan fingerprint density at radius 1 is 1.07 bits per heavy atom. The Hall–Kier alpha value is -4.34. The zero-order valence-corrected chi connectivity index (χ0v) is 15.0. The van der Waals surface area contributed by atoms with Gasteiger partial charge in [-0.2, -0.15) is 10.2 Å². The van der Waals surface area contributed by atoms with Crippen LogP contribution in [0.3, 0.4) is 0 Å². The molecule has 4 rings (SSSR count). The standard InChI is InChI=1S/C19H15N7O3/c27-19(21-13-14-4-2-8-20-18(14)25-10-3-9-22-25)17-7-11-24(23-17)15-5-1-6-16(12-15)26(28)29/h1-12H,13H2,(H,21,27). The highest BCUT2D eigenvalue weighted by Gasteiger charge is 2.13. The molecule has 0 aliphatic rings. The fourth-order valence-corrected chi connectivity index (χ4v) is 2.77. The third kappa shape index (κ3) is 3.86. The topological polar surface area (TPSA) is 121 Å². The molecule has 0 unspecified atom stereocenters. The average molecular weight is 389 g/mol. The maximum Gasteiger partial charge on any atom is 0.272 e. The molecule has 0 aliphatic heterocycles. The third-order valence-corrected chi connectivity index (χ3v) is 4.16. The zero-order chi connectivity index (χ0) is 20.2. The maximum absolute atomic E-state index is 12.5. The van der Waals surface area contributed by atoms with Crippen LogP contribution >= 0.6 is 0 Å². The third-order valence-electron chi connectivity index (χ3n) is 4.16. The van der Waals surface area contributed by atoms with E-state index in [9.17, 15) is 14.9 Å². The lowest BCUT2D eigenvalue weighted by Gasteiger charge is -2.09. The molecule has 1 amide bonds. The quantitative estimate of drug-likeness (QED) is 0.399. The van der Waals surface area contributed by atoms with Crippen LogP contribution in [0.5, 0.6) is 0 Å². The second kappa shape index (κ2) is 7.72. The number of hydrogen-bond donors (Lipinski definition) is 1. The molecule has 10 heteroatoms. The predicted octanol–water partition coefficient (Wildman–Crippen LogP) is 2.29. The van der Waals surface area contributed by atoms with Crippen molar-refractivity contribution >= 4 is 11.6 Å². The summed E-state index contributed by atoms with van der Waals surface area (Å²) in [6.45, 7) is 0.242. The van der Waals surface area contributed by atoms with Gasteiger partial charge in [-0.3, -0.25) is 14.9 Å². The van der Waals surface area contributed by atoms with Crippen molar-refractivity contribution in [3.05, 3.63) is 94.7 Å². The van der Waals surface area contributed by atoms with E-state index >= 15 is 0 Å². The summed E-state index contributed by atoms with van der Waals surface area (Å²) in [4.78, 5) is 27.3. The minimum atomic E-state index is -0.480. The van der Waals surface area contributed by atoms with Crippen molar-refractivity contribution in [2.24, 2.45) is 0 Å². The molecule has 144 valence electrons. The lowest BCUT2D eigenvalue weighted by Crippen LogP contribution is -2.24. The van der Waals surface area contributed by atoms with Crippen LogP contribution in [0.1, 0.15) is 16.1 Å². The van der Waals surface area contributed by atoms with Crippen LogP contribution in [0.4, 0.5) is 5.69 Å². The van der Waals surface area contributed by atoms with Crippen LogP contribution in [0.25, 0.3) is 11.5 Å². The van der Waals surface area contributed by atoms with Crippen molar-refractivity contribution in [3.63, 3.8) is 0 Å². The van der Waals surface area contributed by atoms with E-state index in [4.69, 9.17) is 0 Å². The van der Waals surface area contributed by atoms with Crippen LogP contribution in [0, 0.1) is 10.1 Å². The van der Waals surface area contributed by atoms with E-state index in [0.29, 0.717) is 11.5 Å². The van der Waals surface area contributed by atoms with Gasteiger partial charge in [0.05, 0.1) is 10.6 Å². The average Bonchev–Trinajstić information content (AvgIpc) is 3.44. The normalized spacial score (nSPS) is 10.6. The number of nitro benzene ring substituents is 1. The van der Waals surface area contributed by atoms with Gasteiger partial charge in [-0.15, -0.1) is 0 Å². The number of pyridine rings is 1. The molecule has 0 spiro atoms. The molecular weight excluding hydrogens is 374 g/mol. The maximum atomic E-state index is 12.5. The highest BCUT2D eigenvalue weighted by atomic mass is 16.6. The summed E-state index contributed by atoms with van der Waals surface area (Å²) < 4.78 is 3.04. The molecule has 0 atom stereocenters. The van der Waals surface area contributed by atoms with Crippen molar-refractivity contribution in [2.45, 2.75) is 6.54 Å². The first-order chi connectivity index (χ1) is 14.1. The minimum absolute atomic E-state index is 0.0493. The number of rotatable bonds is 6. The number of non-ortho nitro benzene ring substituents is 1. The number of nitrogens with one attached hydrogen (secondary N) is 1. The van der Waals surface area contributed by atoms with Crippen LogP contribution < -0.4 is 5.32 Å². The van der Waals surface area contributed by atoms with E-state index in [2.05, 4.69) is 20.5 Å². The van der Waals surface area contributed by atoms with E-state index in [-0.39, 0.29) is 23.8 Å². The smallest absolute Gasteiger partial charge is 0.272 e. The van der Waals surface area contributed by atoms with Gasteiger partial charge in [0.25, 0.3) is 11.6 Å².